The van der Waals surface area contributed by atoms with Gasteiger partial charge in [-0.3, -0.25) is 0 Å². The minimum atomic E-state index is 0.605. The third-order valence-electron chi connectivity index (χ3n) is 4.78. The van der Waals surface area contributed by atoms with Crippen molar-refractivity contribution < 1.29 is 0 Å². The van der Waals surface area contributed by atoms with Crippen LogP contribution in [0.3, 0.4) is 0 Å². The van der Waals surface area contributed by atoms with Crippen LogP contribution in [0.15, 0.2) is 41.4 Å². The summed E-state index contributed by atoms with van der Waals surface area (Å²) in [6.07, 6.45) is 5.62. The lowest BCUT2D eigenvalue weighted by Gasteiger charge is -2.09. The molecule has 0 unspecified atom stereocenters. The molecule has 1 aromatic carbocycles. The summed E-state index contributed by atoms with van der Waals surface area (Å²) in [6, 6.07) is 6.22. The topological polar surface area (TPSA) is 66.3 Å². The number of hydrogen-bond donors (Lipinski definition) is 0. The van der Waals surface area contributed by atoms with Crippen LogP contribution >= 0.6 is 15.9 Å². The zero-order valence-corrected chi connectivity index (χ0v) is 16.0. The van der Waals surface area contributed by atoms with Gasteiger partial charge >= 0.3 is 0 Å². The van der Waals surface area contributed by atoms with Gasteiger partial charge in [-0.15, -0.1) is 0 Å². The Hall–Kier alpha value is -2.74. The van der Waals surface area contributed by atoms with E-state index in [0.717, 1.165) is 44.6 Å². The van der Waals surface area contributed by atoms with Crippen LogP contribution in [0.25, 0.3) is 17.1 Å². The van der Waals surface area contributed by atoms with Crippen LogP contribution in [0.4, 0.5) is 0 Å². The molecule has 1 aliphatic heterocycles. The Kier molecular flexibility index (Phi) is 3.36. The second kappa shape index (κ2) is 5.63. The van der Waals surface area contributed by atoms with Gasteiger partial charge in [0.1, 0.15) is 5.82 Å². The average Bonchev–Trinajstić information content (AvgIpc) is 3.28. The molecule has 4 aromatic rings. The van der Waals surface area contributed by atoms with E-state index in [1.807, 2.05) is 41.7 Å². The average molecular weight is 410 g/mol. The van der Waals surface area contributed by atoms with Gasteiger partial charge in [0.15, 0.2) is 11.6 Å². The highest BCUT2D eigenvalue weighted by molar-refractivity contribution is 9.10. The van der Waals surface area contributed by atoms with E-state index in [0.29, 0.717) is 13.1 Å². The van der Waals surface area contributed by atoms with Crippen molar-refractivity contribution >= 4 is 15.9 Å². The van der Waals surface area contributed by atoms with E-state index < -0.39 is 0 Å². The molecule has 0 fully saturated rings. The minimum Gasteiger partial charge on any atom is -0.327 e. The smallest absolute Gasteiger partial charge is 0.171 e. The summed E-state index contributed by atoms with van der Waals surface area (Å²) in [7, 11) is 0. The molecule has 0 N–H and O–H groups in total. The Morgan fingerprint density at radius 3 is 2.88 bits per heavy atom. The molecule has 26 heavy (non-hydrogen) atoms. The number of hydrogen-bond acceptors (Lipinski definition) is 4. The lowest BCUT2D eigenvalue weighted by Crippen LogP contribution is -2.07. The second-order valence-corrected chi connectivity index (χ2v) is 7.34. The third kappa shape index (κ3) is 2.33. The molecule has 4 heterocycles. The highest BCUT2D eigenvalue weighted by Gasteiger charge is 2.24. The van der Waals surface area contributed by atoms with Gasteiger partial charge in [0.2, 0.25) is 0 Å². The van der Waals surface area contributed by atoms with Crippen LogP contribution in [0, 0.1) is 13.8 Å². The summed E-state index contributed by atoms with van der Waals surface area (Å²) in [5.41, 5.74) is 4.24. The predicted molar refractivity (Wildman–Crippen MR) is 100 cm³/mol. The molecule has 130 valence electrons. The minimum absolute atomic E-state index is 0.605. The van der Waals surface area contributed by atoms with E-state index in [1.165, 1.54) is 0 Å². The Morgan fingerprint density at radius 2 is 2.08 bits per heavy atom. The van der Waals surface area contributed by atoms with Crippen molar-refractivity contribution in [3.8, 4) is 17.1 Å². The zero-order valence-electron chi connectivity index (χ0n) is 14.4. The summed E-state index contributed by atoms with van der Waals surface area (Å²) in [5, 5.41) is 4.78. The van der Waals surface area contributed by atoms with Crippen molar-refractivity contribution in [2.24, 2.45) is 0 Å². The highest BCUT2D eigenvalue weighted by Crippen LogP contribution is 2.33. The van der Waals surface area contributed by atoms with Crippen LogP contribution in [0.2, 0.25) is 0 Å². The number of rotatable bonds is 2. The van der Waals surface area contributed by atoms with Crippen molar-refractivity contribution in [3.05, 3.63) is 64.4 Å². The van der Waals surface area contributed by atoms with Crippen molar-refractivity contribution in [1.29, 1.82) is 0 Å². The fourth-order valence-corrected chi connectivity index (χ4v) is 3.75. The molecule has 1 aliphatic rings. The summed E-state index contributed by atoms with van der Waals surface area (Å²) >= 11 is 3.58. The van der Waals surface area contributed by atoms with Crippen molar-refractivity contribution in [2.45, 2.75) is 26.9 Å². The lowest BCUT2D eigenvalue weighted by molar-refractivity contribution is 0.643. The number of aromatic nitrogens is 7. The van der Waals surface area contributed by atoms with Crippen molar-refractivity contribution in [3.63, 3.8) is 0 Å². The van der Waals surface area contributed by atoms with Crippen molar-refractivity contribution in [2.75, 3.05) is 0 Å². The Bertz CT molecular complexity index is 1130. The van der Waals surface area contributed by atoms with Crippen LogP contribution in [0.1, 0.15) is 23.0 Å². The molecule has 0 saturated heterocycles. The maximum Gasteiger partial charge on any atom is 0.171 e. The largest absolute Gasteiger partial charge is 0.327 e. The number of nitrogens with zero attached hydrogens (tertiary/aromatic N) is 7. The molecular formula is C18H16BrN7. The summed E-state index contributed by atoms with van der Waals surface area (Å²) in [4.78, 5) is 13.6. The van der Waals surface area contributed by atoms with Crippen molar-refractivity contribution in [1.82, 2.24) is 33.9 Å². The van der Waals surface area contributed by atoms with Crippen LogP contribution in [-0.2, 0) is 13.1 Å². The normalized spacial score (nSPS) is 12.4. The second-order valence-electron chi connectivity index (χ2n) is 6.42. The molecule has 0 saturated carbocycles. The third-order valence-corrected chi connectivity index (χ3v) is 5.28. The fraction of sp³-hybridized carbons (Fsp3) is 0.222. The number of aryl methyl sites for hydroxylation is 2. The van der Waals surface area contributed by atoms with Crippen LogP contribution in [0.5, 0.6) is 0 Å². The van der Waals surface area contributed by atoms with E-state index in [4.69, 9.17) is 10.1 Å². The van der Waals surface area contributed by atoms with Gasteiger partial charge in [-0.2, -0.15) is 5.10 Å². The van der Waals surface area contributed by atoms with E-state index in [1.54, 1.807) is 6.20 Å². The lowest BCUT2D eigenvalue weighted by atomic mass is 10.1. The standard InChI is InChI=1S/C18H16BrN7/c1-11-16-8-26-18(22-17(23-26)9-24-6-5-20-12(24)2)14-7-13(19)3-4-15(14)25(16)10-21-11/h3-7,10H,8-9H2,1-2H3. The van der Waals surface area contributed by atoms with Gasteiger partial charge in [0.05, 0.1) is 36.5 Å². The number of halogens is 1. The fourth-order valence-electron chi connectivity index (χ4n) is 3.39. The molecular weight excluding hydrogens is 394 g/mol. The molecule has 5 rings (SSSR count). The summed E-state index contributed by atoms with van der Waals surface area (Å²) in [5.74, 6) is 2.60. The van der Waals surface area contributed by atoms with Gasteiger partial charge in [0.25, 0.3) is 0 Å². The van der Waals surface area contributed by atoms with E-state index >= 15 is 0 Å². The number of fused-ring (bicyclic) bond motifs is 5. The first-order valence-corrected chi connectivity index (χ1v) is 9.14. The highest BCUT2D eigenvalue weighted by atomic mass is 79.9. The molecule has 0 atom stereocenters. The van der Waals surface area contributed by atoms with Gasteiger partial charge in [0, 0.05) is 22.4 Å². The van der Waals surface area contributed by atoms with Crippen LogP contribution in [-0.4, -0.2) is 33.9 Å². The quantitative estimate of drug-likeness (QED) is 0.449. The monoisotopic (exact) mass is 409 g/mol. The molecule has 0 bridgehead atoms. The molecule has 0 spiro atoms. The first-order valence-electron chi connectivity index (χ1n) is 8.35. The SMILES string of the molecule is Cc1ncn2c1Cn1nc(Cn3ccnc3C)nc1-c1cc(Br)ccc1-2. The van der Waals surface area contributed by atoms with Crippen LogP contribution < -0.4 is 0 Å². The van der Waals surface area contributed by atoms with Gasteiger partial charge < -0.3 is 9.13 Å². The maximum atomic E-state index is 4.85. The summed E-state index contributed by atoms with van der Waals surface area (Å²) < 4.78 is 7.16. The van der Waals surface area contributed by atoms with Gasteiger partial charge in [-0.05, 0) is 32.0 Å². The van der Waals surface area contributed by atoms with Gasteiger partial charge in [-0.25, -0.2) is 19.6 Å². The maximum absolute atomic E-state index is 4.85. The molecule has 0 aliphatic carbocycles. The molecule has 3 aromatic heterocycles. The molecule has 0 radical (unpaired) electrons. The Balaban J connectivity index is 1.69. The molecule has 8 heteroatoms. The molecule has 0 amide bonds. The number of benzene rings is 1. The summed E-state index contributed by atoms with van der Waals surface area (Å²) in [6.45, 7) is 5.26. The first-order chi connectivity index (χ1) is 12.6. The Labute approximate surface area is 158 Å². The van der Waals surface area contributed by atoms with E-state index in [-0.39, 0.29) is 0 Å². The molecule has 7 nitrogen and oxygen atoms in total. The van der Waals surface area contributed by atoms with E-state index in [9.17, 15) is 0 Å². The van der Waals surface area contributed by atoms with Gasteiger partial charge in [-0.1, -0.05) is 15.9 Å². The predicted octanol–water partition coefficient (Wildman–Crippen LogP) is 3.12. The number of imidazole rings is 2. The Morgan fingerprint density at radius 1 is 1.19 bits per heavy atom. The first kappa shape index (κ1) is 15.5. The van der Waals surface area contributed by atoms with E-state index in [2.05, 4.69) is 42.6 Å². The zero-order chi connectivity index (χ0) is 17.8.